The van der Waals surface area contributed by atoms with Crippen molar-refractivity contribution in [2.24, 2.45) is 0 Å². The molecule has 0 unspecified atom stereocenters. The molecule has 0 spiro atoms. The highest BCUT2D eigenvalue weighted by molar-refractivity contribution is 7.85. The maximum Gasteiger partial charge on any atom is 0.265 e. The maximum atomic E-state index is 10.5. The third-order valence-electron chi connectivity index (χ3n) is 2.32. The molecule has 0 bridgehead atoms. The van der Waals surface area contributed by atoms with Crippen molar-refractivity contribution in [3.8, 4) is 0 Å². The third kappa shape index (κ3) is 5.39. The van der Waals surface area contributed by atoms with E-state index in [1.54, 1.807) is 0 Å². The predicted octanol–water partition coefficient (Wildman–Crippen LogP) is -0.422. The summed E-state index contributed by atoms with van der Waals surface area (Å²) < 4.78 is 31.5. The van der Waals surface area contributed by atoms with Gasteiger partial charge in [-0.2, -0.15) is 8.42 Å². The average molecular weight is 260 g/mol. The van der Waals surface area contributed by atoms with Gasteiger partial charge in [0, 0.05) is 28.8 Å². The number of hydrogen-bond donors (Lipinski definition) is 1. The molecule has 1 aromatic heterocycles. The summed E-state index contributed by atoms with van der Waals surface area (Å²) in [7, 11) is -2.60. The molecule has 16 heavy (non-hydrogen) atoms. The molecule has 0 aromatic carbocycles. The van der Waals surface area contributed by atoms with Gasteiger partial charge in [0.2, 0.25) is 0 Å². The largest absolute Gasteiger partial charge is 0.286 e. The molecule has 0 saturated carbocycles. The van der Waals surface area contributed by atoms with Gasteiger partial charge in [-0.1, -0.05) is 6.04 Å². The van der Waals surface area contributed by atoms with Crippen LogP contribution in [0.15, 0.2) is 24.5 Å². The Hall–Kier alpha value is -0.723. The monoisotopic (exact) mass is 260 g/mol. The van der Waals surface area contributed by atoms with Crippen LogP contribution in [0.5, 0.6) is 0 Å². The molecule has 0 aliphatic carbocycles. The Morgan fingerprint density at radius 3 is 2.44 bits per heavy atom. The van der Waals surface area contributed by atoms with Gasteiger partial charge in [0.1, 0.15) is 6.54 Å². The summed E-state index contributed by atoms with van der Waals surface area (Å²) >= 11 is 0. The van der Waals surface area contributed by atoms with Crippen LogP contribution < -0.4 is 4.57 Å². The van der Waals surface area contributed by atoms with E-state index in [1.165, 1.54) is 21.9 Å². The summed E-state index contributed by atoms with van der Waals surface area (Å²) in [6, 6.07) is 5.38. The van der Waals surface area contributed by atoms with Crippen molar-refractivity contribution in [2.75, 3.05) is 5.75 Å². The van der Waals surface area contributed by atoms with Crippen molar-refractivity contribution in [1.29, 1.82) is 0 Å². The topological polar surface area (TPSA) is 58.3 Å². The van der Waals surface area contributed by atoms with Crippen LogP contribution in [0.3, 0.4) is 0 Å². The highest BCUT2D eigenvalue weighted by Crippen LogP contribution is 1.98. The Bertz CT molecular complexity index is 416. The van der Waals surface area contributed by atoms with E-state index < -0.39 is 10.1 Å². The second kappa shape index (κ2) is 6.12. The van der Waals surface area contributed by atoms with Crippen LogP contribution in [0, 0.1) is 0 Å². The smallest absolute Gasteiger partial charge is 0.265 e. The first kappa shape index (κ1) is 13.3. The summed E-state index contributed by atoms with van der Waals surface area (Å²) in [5.41, 5.74) is 1.32. The standard InChI is InChI=1S/C10H17NO3SSi/c12-15(13,14)8-1-5-11-6-2-10(3-7-11)4-9-16/h2-3,6-7H,1,4-5,8-9H2,16H3/p+1. The van der Waals surface area contributed by atoms with Gasteiger partial charge in [0.05, 0.1) is 5.75 Å². The summed E-state index contributed by atoms with van der Waals surface area (Å²) in [5.74, 6) is -0.178. The lowest BCUT2D eigenvalue weighted by Crippen LogP contribution is -2.33. The van der Waals surface area contributed by atoms with E-state index >= 15 is 0 Å². The van der Waals surface area contributed by atoms with Crippen molar-refractivity contribution in [1.82, 2.24) is 0 Å². The van der Waals surface area contributed by atoms with E-state index in [2.05, 4.69) is 12.1 Å². The molecular weight excluding hydrogens is 242 g/mol. The predicted molar refractivity (Wildman–Crippen MR) is 66.1 cm³/mol. The van der Waals surface area contributed by atoms with E-state index in [-0.39, 0.29) is 5.75 Å². The van der Waals surface area contributed by atoms with Gasteiger partial charge in [-0.25, -0.2) is 4.57 Å². The third-order valence-corrected chi connectivity index (χ3v) is 3.62. The van der Waals surface area contributed by atoms with E-state index in [1.807, 2.05) is 17.0 Å². The molecule has 1 aromatic rings. The molecule has 0 aliphatic rings. The van der Waals surface area contributed by atoms with Gasteiger partial charge >= 0.3 is 0 Å². The summed E-state index contributed by atoms with van der Waals surface area (Å²) in [4.78, 5) is 0. The first-order valence-corrected chi connectivity index (χ1v) is 8.47. The Balaban J connectivity index is 2.43. The number of rotatable bonds is 6. The van der Waals surface area contributed by atoms with Crippen LogP contribution in [0.4, 0.5) is 0 Å². The molecule has 0 saturated heterocycles. The quantitative estimate of drug-likeness (QED) is 0.429. The SMILES string of the molecule is O=S(=O)(O)CCC[n+]1ccc(CC[SiH3])cc1. The molecule has 90 valence electrons. The molecule has 0 aliphatic heterocycles. The van der Waals surface area contributed by atoms with Crippen LogP contribution in [-0.4, -0.2) is 29.0 Å². The molecule has 0 amide bonds. The summed E-state index contributed by atoms with van der Waals surface area (Å²) in [5, 5.41) is 0. The van der Waals surface area contributed by atoms with E-state index in [9.17, 15) is 8.42 Å². The lowest BCUT2D eigenvalue weighted by molar-refractivity contribution is -0.696. The highest BCUT2D eigenvalue weighted by atomic mass is 32.2. The minimum atomic E-state index is -3.82. The molecule has 0 fully saturated rings. The average Bonchev–Trinajstić information content (AvgIpc) is 2.19. The molecule has 4 nitrogen and oxygen atoms in total. The summed E-state index contributed by atoms with van der Waals surface area (Å²) in [6.45, 7) is 0.612. The number of aryl methyl sites for hydroxylation is 2. The zero-order valence-electron chi connectivity index (χ0n) is 9.46. The van der Waals surface area contributed by atoms with Crippen molar-refractivity contribution >= 4 is 20.4 Å². The minimum Gasteiger partial charge on any atom is -0.286 e. The van der Waals surface area contributed by atoms with Crippen molar-refractivity contribution in [3.05, 3.63) is 30.1 Å². The zero-order valence-corrected chi connectivity index (χ0v) is 12.3. The molecule has 0 atom stereocenters. The lowest BCUT2D eigenvalue weighted by atomic mass is 10.2. The molecule has 1 heterocycles. The fraction of sp³-hybridized carbons (Fsp3) is 0.500. The zero-order chi connectivity index (χ0) is 12.0. The van der Waals surface area contributed by atoms with E-state index in [0.717, 1.165) is 6.42 Å². The van der Waals surface area contributed by atoms with Crippen molar-refractivity contribution < 1.29 is 17.5 Å². The molecule has 0 radical (unpaired) electrons. The highest BCUT2D eigenvalue weighted by Gasteiger charge is 2.07. The number of hydrogen-bond acceptors (Lipinski definition) is 2. The Morgan fingerprint density at radius 1 is 1.31 bits per heavy atom. The maximum absolute atomic E-state index is 10.5. The fourth-order valence-electron chi connectivity index (χ4n) is 1.52. The minimum absolute atomic E-state index is 0.178. The van der Waals surface area contributed by atoms with Crippen LogP contribution in [0.25, 0.3) is 0 Å². The second-order valence-electron chi connectivity index (χ2n) is 3.83. The van der Waals surface area contributed by atoms with Gasteiger partial charge in [0.25, 0.3) is 10.1 Å². The van der Waals surface area contributed by atoms with Crippen LogP contribution in [-0.2, 0) is 23.1 Å². The van der Waals surface area contributed by atoms with E-state index in [0.29, 0.717) is 13.0 Å². The van der Waals surface area contributed by atoms with Crippen LogP contribution >= 0.6 is 0 Å². The lowest BCUT2D eigenvalue weighted by Gasteiger charge is -1.98. The first-order chi connectivity index (χ1) is 7.51. The number of pyridine rings is 1. The van der Waals surface area contributed by atoms with Gasteiger partial charge < -0.3 is 0 Å². The van der Waals surface area contributed by atoms with E-state index in [4.69, 9.17) is 4.55 Å². The van der Waals surface area contributed by atoms with Crippen molar-refractivity contribution in [3.63, 3.8) is 0 Å². The number of aromatic nitrogens is 1. The van der Waals surface area contributed by atoms with Gasteiger partial charge in [-0.15, -0.1) is 0 Å². The van der Waals surface area contributed by atoms with Crippen LogP contribution in [0.2, 0.25) is 6.04 Å². The molecular formula is C10H18NO3SSi+. The first-order valence-electron chi connectivity index (χ1n) is 5.44. The summed E-state index contributed by atoms with van der Waals surface area (Å²) in [6.07, 6.45) is 5.47. The Morgan fingerprint density at radius 2 is 1.94 bits per heavy atom. The van der Waals surface area contributed by atoms with Crippen LogP contribution in [0.1, 0.15) is 12.0 Å². The number of nitrogens with zero attached hydrogens (tertiary/aromatic N) is 1. The fourth-order valence-corrected chi connectivity index (χ4v) is 2.59. The molecule has 1 N–H and O–H groups in total. The Labute approximate surface area is 99.5 Å². The van der Waals surface area contributed by atoms with Gasteiger partial charge in [-0.3, -0.25) is 4.55 Å². The molecule has 6 heteroatoms. The second-order valence-corrected chi connectivity index (χ2v) is 6.41. The normalized spacial score (nSPS) is 11.8. The Kier molecular flexibility index (Phi) is 5.10. The van der Waals surface area contributed by atoms with Gasteiger partial charge in [0.15, 0.2) is 12.4 Å². The van der Waals surface area contributed by atoms with Crippen molar-refractivity contribution in [2.45, 2.75) is 25.4 Å². The van der Waals surface area contributed by atoms with Gasteiger partial charge in [-0.05, 0) is 12.0 Å². The molecule has 1 rings (SSSR count).